The van der Waals surface area contributed by atoms with Crippen LogP contribution in [0.15, 0.2) is 30.3 Å². The molecule has 28 heavy (non-hydrogen) atoms. The number of nitrogens with zero attached hydrogens (tertiary/aromatic N) is 2. The van der Waals surface area contributed by atoms with Crippen LogP contribution < -0.4 is 4.74 Å². The maximum Gasteiger partial charge on any atom is 0.387 e. The highest BCUT2D eigenvalue weighted by atomic mass is 19.3. The standard InChI is InChI=1S/C20H22F2N2O4/c1-24(20(14-23)11-3-2-4-12-20)17(25)13-27-18(26)10-7-15-5-8-16(9-6-15)28-19(21)22/h5-10,19H,2-4,11-13H2,1H3/b10-7+. The molecule has 2 rings (SSSR count). The fraction of sp³-hybridized carbons (Fsp3) is 0.450. The average Bonchev–Trinajstić information content (AvgIpc) is 2.71. The SMILES string of the molecule is CN(C(=O)COC(=O)/C=C/c1ccc(OC(F)F)cc1)C1(C#N)CCCCC1. The predicted octanol–water partition coefficient (Wildman–Crippen LogP) is 3.53. The van der Waals surface area contributed by atoms with E-state index >= 15 is 0 Å². The fourth-order valence-corrected chi connectivity index (χ4v) is 3.10. The molecule has 0 N–H and O–H groups in total. The first kappa shape index (κ1) is 21.4. The van der Waals surface area contributed by atoms with Gasteiger partial charge in [0.1, 0.15) is 11.3 Å². The summed E-state index contributed by atoms with van der Waals surface area (Å²) in [6, 6.07) is 7.94. The van der Waals surface area contributed by atoms with Gasteiger partial charge in [-0.05, 0) is 36.6 Å². The van der Waals surface area contributed by atoms with Crippen molar-refractivity contribution in [2.45, 2.75) is 44.3 Å². The van der Waals surface area contributed by atoms with Crippen LogP contribution in [0.25, 0.3) is 6.08 Å². The van der Waals surface area contributed by atoms with E-state index < -0.39 is 30.6 Å². The number of amides is 1. The second kappa shape index (κ2) is 9.83. The van der Waals surface area contributed by atoms with E-state index in [0.717, 1.165) is 25.3 Å². The Hall–Kier alpha value is -2.95. The highest BCUT2D eigenvalue weighted by Gasteiger charge is 2.38. The van der Waals surface area contributed by atoms with Gasteiger partial charge < -0.3 is 14.4 Å². The lowest BCUT2D eigenvalue weighted by molar-refractivity contribution is -0.150. The Balaban J connectivity index is 1.85. The molecule has 0 aliphatic heterocycles. The van der Waals surface area contributed by atoms with Crippen LogP contribution in [0.1, 0.15) is 37.7 Å². The third-order valence-corrected chi connectivity index (χ3v) is 4.76. The minimum Gasteiger partial charge on any atom is -0.452 e. The van der Waals surface area contributed by atoms with Gasteiger partial charge in [-0.25, -0.2) is 4.79 Å². The maximum atomic E-state index is 12.3. The Morgan fingerprint density at radius 2 is 1.89 bits per heavy atom. The third-order valence-electron chi connectivity index (χ3n) is 4.76. The van der Waals surface area contributed by atoms with Crippen LogP contribution in [0.5, 0.6) is 5.75 Å². The normalized spacial score (nSPS) is 15.8. The summed E-state index contributed by atoms with van der Waals surface area (Å²) in [6.07, 6.45) is 6.61. The first-order valence-corrected chi connectivity index (χ1v) is 8.94. The first-order valence-electron chi connectivity index (χ1n) is 8.94. The van der Waals surface area contributed by atoms with E-state index in [4.69, 9.17) is 4.74 Å². The zero-order chi connectivity index (χ0) is 20.6. The largest absolute Gasteiger partial charge is 0.452 e. The van der Waals surface area contributed by atoms with E-state index in [2.05, 4.69) is 10.8 Å². The van der Waals surface area contributed by atoms with Gasteiger partial charge in [0.2, 0.25) is 0 Å². The Kier molecular flexibility index (Phi) is 7.50. The van der Waals surface area contributed by atoms with E-state index in [0.29, 0.717) is 18.4 Å². The summed E-state index contributed by atoms with van der Waals surface area (Å²) >= 11 is 0. The van der Waals surface area contributed by atoms with Crippen molar-refractivity contribution >= 4 is 18.0 Å². The van der Waals surface area contributed by atoms with Crippen molar-refractivity contribution in [3.05, 3.63) is 35.9 Å². The van der Waals surface area contributed by atoms with Gasteiger partial charge >= 0.3 is 12.6 Å². The zero-order valence-electron chi connectivity index (χ0n) is 15.6. The molecule has 0 atom stereocenters. The van der Waals surface area contributed by atoms with Crippen molar-refractivity contribution in [1.29, 1.82) is 5.26 Å². The minimum atomic E-state index is -2.90. The summed E-state index contributed by atoms with van der Waals surface area (Å²) in [5.41, 5.74) is -0.257. The molecule has 0 unspecified atom stereocenters. The van der Waals surface area contributed by atoms with Crippen LogP contribution in [0, 0.1) is 11.3 Å². The van der Waals surface area contributed by atoms with Gasteiger partial charge in [0.25, 0.3) is 5.91 Å². The van der Waals surface area contributed by atoms with Gasteiger partial charge in [-0.3, -0.25) is 4.79 Å². The van der Waals surface area contributed by atoms with Crippen molar-refractivity contribution in [3.63, 3.8) is 0 Å². The highest BCUT2D eigenvalue weighted by molar-refractivity contribution is 5.89. The van der Waals surface area contributed by atoms with Crippen molar-refractivity contribution in [1.82, 2.24) is 4.90 Å². The zero-order valence-corrected chi connectivity index (χ0v) is 15.6. The second-order valence-corrected chi connectivity index (χ2v) is 6.55. The van der Waals surface area contributed by atoms with E-state index in [1.807, 2.05) is 0 Å². The first-order chi connectivity index (χ1) is 13.4. The number of alkyl halides is 2. The van der Waals surface area contributed by atoms with Gasteiger partial charge in [0, 0.05) is 13.1 Å². The van der Waals surface area contributed by atoms with Gasteiger partial charge in [0.05, 0.1) is 6.07 Å². The average molecular weight is 392 g/mol. The molecule has 1 aliphatic carbocycles. The van der Waals surface area contributed by atoms with Crippen LogP contribution >= 0.6 is 0 Å². The number of esters is 1. The predicted molar refractivity (Wildman–Crippen MR) is 97.3 cm³/mol. The van der Waals surface area contributed by atoms with E-state index in [9.17, 15) is 23.6 Å². The van der Waals surface area contributed by atoms with Crippen LogP contribution in [0.3, 0.4) is 0 Å². The summed E-state index contributed by atoms with van der Waals surface area (Å²) in [7, 11) is 1.56. The number of hydrogen-bond acceptors (Lipinski definition) is 5. The Morgan fingerprint density at radius 1 is 1.25 bits per heavy atom. The smallest absolute Gasteiger partial charge is 0.387 e. The van der Waals surface area contributed by atoms with E-state index in [-0.39, 0.29) is 5.75 Å². The molecule has 1 aromatic rings. The Bertz CT molecular complexity index is 750. The third kappa shape index (κ3) is 5.78. The summed E-state index contributed by atoms with van der Waals surface area (Å²) in [5.74, 6) is -1.14. The maximum absolute atomic E-state index is 12.3. The Labute approximate surface area is 162 Å². The molecule has 0 aromatic heterocycles. The Morgan fingerprint density at radius 3 is 2.46 bits per heavy atom. The van der Waals surface area contributed by atoms with Gasteiger partial charge in [-0.1, -0.05) is 31.4 Å². The number of nitriles is 1. The molecule has 0 bridgehead atoms. The molecule has 1 fully saturated rings. The van der Waals surface area contributed by atoms with Crippen molar-refractivity contribution in [3.8, 4) is 11.8 Å². The van der Waals surface area contributed by atoms with Crippen LogP contribution in [0.2, 0.25) is 0 Å². The molecule has 8 heteroatoms. The molecular weight excluding hydrogens is 370 g/mol. The molecule has 1 amide bonds. The molecule has 150 valence electrons. The van der Waals surface area contributed by atoms with E-state index in [1.54, 1.807) is 7.05 Å². The van der Waals surface area contributed by atoms with E-state index in [1.165, 1.54) is 35.2 Å². The van der Waals surface area contributed by atoms with Gasteiger partial charge in [0.15, 0.2) is 6.61 Å². The molecule has 0 saturated heterocycles. The number of likely N-dealkylation sites (N-methyl/N-ethyl adjacent to an activating group) is 1. The number of ether oxygens (including phenoxy) is 2. The summed E-state index contributed by atoms with van der Waals surface area (Å²) in [4.78, 5) is 25.5. The summed E-state index contributed by atoms with van der Waals surface area (Å²) < 4.78 is 33.4. The number of hydrogen-bond donors (Lipinski definition) is 0. The lowest BCUT2D eigenvalue weighted by atomic mass is 9.81. The van der Waals surface area contributed by atoms with Crippen LogP contribution in [-0.4, -0.2) is 42.6 Å². The van der Waals surface area contributed by atoms with Crippen molar-refractivity contribution in [2.24, 2.45) is 0 Å². The lowest BCUT2D eigenvalue weighted by Gasteiger charge is -2.38. The molecule has 1 aliphatic rings. The second-order valence-electron chi connectivity index (χ2n) is 6.55. The molecule has 0 radical (unpaired) electrons. The molecular formula is C20H22F2N2O4. The highest BCUT2D eigenvalue weighted by Crippen LogP contribution is 2.32. The number of carbonyl (C=O) groups excluding carboxylic acids is 2. The quantitative estimate of drug-likeness (QED) is 0.524. The fourth-order valence-electron chi connectivity index (χ4n) is 3.10. The van der Waals surface area contributed by atoms with Crippen LogP contribution in [0.4, 0.5) is 8.78 Å². The molecule has 6 nitrogen and oxygen atoms in total. The van der Waals surface area contributed by atoms with Gasteiger partial charge in [-0.2, -0.15) is 14.0 Å². The monoisotopic (exact) mass is 392 g/mol. The molecule has 1 saturated carbocycles. The number of benzene rings is 1. The topological polar surface area (TPSA) is 79.6 Å². The van der Waals surface area contributed by atoms with Gasteiger partial charge in [-0.15, -0.1) is 0 Å². The van der Waals surface area contributed by atoms with Crippen molar-refractivity contribution in [2.75, 3.05) is 13.7 Å². The van der Waals surface area contributed by atoms with Crippen molar-refractivity contribution < 1.29 is 27.8 Å². The lowest BCUT2D eigenvalue weighted by Crippen LogP contribution is -2.51. The summed E-state index contributed by atoms with van der Waals surface area (Å²) in [6.45, 7) is -3.36. The number of rotatable bonds is 7. The number of halogens is 2. The molecule has 0 heterocycles. The molecule has 1 aromatic carbocycles. The molecule has 0 spiro atoms. The number of carbonyl (C=O) groups is 2. The summed E-state index contributed by atoms with van der Waals surface area (Å²) in [5, 5.41) is 9.50. The minimum absolute atomic E-state index is 0.0116. The van der Waals surface area contributed by atoms with Crippen LogP contribution in [-0.2, 0) is 14.3 Å².